The lowest BCUT2D eigenvalue weighted by atomic mass is 9.66. The standard InChI is InChI=1S/C14H24N2O2/c15-9-14(4-1-5-14)8-13(18)16-10-2-3-11(16)7-12(17)6-10/h10-12,17H,1-9,15H2. The first kappa shape index (κ1) is 12.4. The molecule has 18 heavy (non-hydrogen) atoms. The summed E-state index contributed by atoms with van der Waals surface area (Å²) in [4.78, 5) is 14.6. The third-order valence-corrected chi connectivity index (χ3v) is 5.37. The van der Waals surface area contributed by atoms with Crippen molar-refractivity contribution in [2.75, 3.05) is 6.54 Å². The van der Waals surface area contributed by atoms with Crippen LogP contribution < -0.4 is 5.73 Å². The summed E-state index contributed by atoms with van der Waals surface area (Å²) < 4.78 is 0. The molecule has 0 spiro atoms. The molecule has 102 valence electrons. The van der Waals surface area contributed by atoms with Gasteiger partial charge in [-0.25, -0.2) is 0 Å². The molecular formula is C14H24N2O2. The zero-order chi connectivity index (χ0) is 12.8. The molecule has 2 saturated heterocycles. The van der Waals surface area contributed by atoms with Gasteiger partial charge in [0.05, 0.1) is 6.10 Å². The molecule has 2 bridgehead atoms. The lowest BCUT2D eigenvalue weighted by Crippen LogP contribution is -2.51. The molecule has 3 aliphatic rings. The molecule has 2 aliphatic heterocycles. The van der Waals surface area contributed by atoms with Crippen molar-refractivity contribution in [3.8, 4) is 0 Å². The molecule has 1 aliphatic carbocycles. The lowest BCUT2D eigenvalue weighted by molar-refractivity contribution is -0.141. The Labute approximate surface area is 109 Å². The van der Waals surface area contributed by atoms with Crippen LogP contribution in [-0.2, 0) is 4.79 Å². The van der Waals surface area contributed by atoms with Crippen molar-refractivity contribution in [3.63, 3.8) is 0 Å². The van der Waals surface area contributed by atoms with Gasteiger partial charge in [0, 0.05) is 18.5 Å². The fourth-order valence-corrected chi connectivity index (χ4v) is 4.10. The van der Waals surface area contributed by atoms with Gasteiger partial charge < -0.3 is 15.7 Å². The van der Waals surface area contributed by atoms with Crippen molar-refractivity contribution in [2.24, 2.45) is 11.1 Å². The van der Waals surface area contributed by atoms with Crippen LogP contribution in [0.25, 0.3) is 0 Å². The van der Waals surface area contributed by atoms with Crippen LogP contribution in [0, 0.1) is 5.41 Å². The lowest BCUT2D eigenvalue weighted by Gasteiger charge is -2.44. The van der Waals surface area contributed by atoms with Crippen LogP contribution in [0.5, 0.6) is 0 Å². The number of amides is 1. The number of aliphatic hydroxyl groups is 1. The monoisotopic (exact) mass is 252 g/mol. The van der Waals surface area contributed by atoms with Crippen LogP contribution in [0.3, 0.4) is 0 Å². The molecule has 1 amide bonds. The van der Waals surface area contributed by atoms with Gasteiger partial charge in [0.25, 0.3) is 0 Å². The highest BCUT2D eigenvalue weighted by molar-refractivity contribution is 5.78. The fraction of sp³-hybridized carbons (Fsp3) is 0.929. The van der Waals surface area contributed by atoms with Gasteiger partial charge in [-0.1, -0.05) is 6.42 Å². The molecule has 3 rings (SSSR count). The maximum Gasteiger partial charge on any atom is 0.223 e. The van der Waals surface area contributed by atoms with Gasteiger partial charge in [0.2, 0.25) is 5.91 Å². The molecule has 3 fully saturated rings. The first-order valence-corrected chi connectivity index (χ1v) is 7.33. The van der Waals surface area contributed by atoms with E-state index in [-0.39, 0.29) is 11.5 Å². The molecule has 2 unspecified atom stereocenters. The zero-order valence-corrected chi connectivity index (χ0v) is 11.0. The highest BCUT2D eigenvalue weighted by Gasteiger charge is 2.45. The minimum absolute atomic E-state index is 0.104. The Morgan fingerprint density at radius 1 is 1.28 bits per heavy atom. The molecule has 4 nitrogen and oxygen atoms in total. The summed E-state index contributed by atoms with van der Waals surface area (Å²) in [5.41, 5.74) is 5.95. The number of hydrogen-bond donors (Lipinski definition) is 2. The number of carbonyl (C=O) groups is 1. The zero-order valence-electron chi connectivity index (χ0n) is 11.0. The van der Waals surface area contributed by atoms with E-state index in [2.05, 4.69) is 4.90 Å². The number of fused-ring (bicyclic) bond motifs is 2. The molecule has 0 aromatic carbocycles. The fourth-order valence-electron chi connectivity index (χ4n) is 4.10. The predicted molar refractivity (Wildman–Crippen MR) is 68.9 cm³/mol. The van der Waals surface area contributed by atoms with Crippen molar-refractivity contribution in [1.82, 2.24) is 4.90 Å². The minimum atomic E-state index is -0.196. The SMILES string of the molecule is NCC1(CC(=O)N2C3CCC2CC(O)C3)CCC1. The van der Waals surface area contributed by atoms with Gasteiger partial charge in [-0.2, -0.15) is 0 Å². The number of aliphatic hydroxyl groups excluding tert-OH is 1. The molecule has 4 heteroatoms. The number of rotatable bonds is 3. The van der Waals surface area contributed by atoms with Crippen LogP contribution in [0.15, 0.2) is 0 Å². The Kier molecular flexibility index (Phi) is 3.10. The van der Waals surface area contributed by atoms with Gasteiger partial charge >= 0.3 is 0 Å². The van der Waals surface area contributed by atoms with E-state index in [1.807, 2.05) is 0 Å². The summed E-state index contributed by atoms with van der Waals surface area (Å²) in [6.45, 7) is 0.643. The number of piperidine rings is 1. The second kappa shape index (κ2) is 4.49. The van der Waals surface area contributed by atoms with E-state index in [1.54, 1.807) is 0 Å². The van der Waals surface area contributed by atoms with E-state index in [0.29, 0.717) is 31.0 Å². The van der Waals surface area contributed by atoms with Crippen LogP contribution in [0.4, 0.5) is 0 Å². The summed E-state index contributed by atoms with van der Waals surface area (Å²) in [5.74, 6) is 0.291. The summed E-state index contributed by atoms with van der Waals surface area (Å²) in [5, 5.41) is 9.77. The van der Waals surface area contributed by atoms with Crippen molar-refractivity contribution in [3.05, 3.63) is 0 Å². The van der Waals surface area contributed by atoms with Gasteiger partial charge in [-0.3, -0.25) is 4.79 Å². The first-order valence-electron chi connectivity index (χ1n) is 7.33. The molecular weight excluding hydrogens is 228 g/mol. The van der Waals surface area contributed by atoms with Crippen LogP contribution >= 0.6 is 0 Å². The Bertz CT molecular complexity index is 321. The normalized spacial score (nSPS) is 37.4. The maximum absolute atomic E-state index is 12.5. The second-order valence-electron chi connectivity index (χ2n) is 6.55. The van der Waals surface area contributed by atoms with E-state index in [1.165, 1.54) is 6.42 Å². The van der Waals surface area contributed by atoms with E-state index in [9.17, 15) is 9.90 Å². The highest BCUT2D eigenvalue weighted by Crippen LogP contribution is 2.45. The van der Waals surface area contributed by atoms with Crippen LogP contribution in [0.2, 0.25) is 0 Å². The molecule has 1 saturated carbocycles. The Morgan fingerprint density at radius 3 is 2.33 bits per heavy atom. The van der Waals surface area contributed by atoms with Gasteiger partial charge in [0.1, 0.15) is 0 Å². The molecule has 0 aromatic heterocycles. The smallest absolute Gasteiger partial charge is 0.223 e. The summed E-state index contributed by atoms with van der Waals surface area (Å²) >= 11 is 0. The summed E-state index contributed by atoms with van der Waals surface area (Å²) in [7, 11) is 0. The van der Waals surface area contributed by atoms with Gasteiger partial charge in [-0.05, 0) is 50.5 Å². The van der Waals surface area contributed by atoms with E-state index in [0.717, 1.165) is 38.5 Å². The van der Waals surface area contributed by atoms with Gasteiger partial charge in [-0.15, -0.1) is 0 Å². The Balaban J connectivity index is 1.66. The largest absolute Gasteiger partial charge is 0.393 e. The van der Waals surface area contributed by atoms with Crippen molar-refractivity contribution >= 4 is 5.91 Å². The van der Waals surface area contributed by atoms with Crippen molar-refractivity contribution in [2.45, 2.75) is 69.6 Å². The number of nitrogens with two attached hydrogens (primary N) is 1. The van der Waals surface area contributed by atoms with E-state index in [4.69, 9.17) is 5.73 Å². The van der Waals surface area contributed by atoms with Crippen molar-refractivity contribution in [1.29, 1.82) is 0 Å². The number of nitrogens with zero attached hydrogens (tertiary/aromatic N) is 1. The predicted octanol–water partition coefficient (Wildman–Crippen LogP) is 1.02. The third kappa shape index (κ3) is 1.95. The maximum atomic E-state index is 12.5. The van der Waals surface area contributed by atoms with E-state index < -0.39 is 0 Å². The first-order chi connectivity index (χ1) is 8.63. The highest BCUT2D eigenvalue weighted by atomic mass is 16.3. The third-order valence-electron chi connectivity index (χ3n) is 5.37. The quantitative estimate of drug-likeness (QED) is 0.788. The number of carbonyl (C=O) groups excluding carboxylic acids is 1. The Hall–Kier alpha value is -0.610. The molecule has 2 atom stereocenters. The minimum Gasteiger partial charge on any atom is -0.393 e. The topological polar surface area (TPSA) is 66.6 Å². The van der Waals surface area contributed by atoms with Crippen LogP contribution in [-0.4, -0.2) is 40.6 Å². The molecule has 0 radical (unpaired) electrons. The molecule has 2 heterocycles. The molecule has 3 N–H and O–H groups in total. The van der Waals surface area contributed by atoms with Crippen molar-refractivity contribution < 1.29 is 9.90 Å². The van der Waals surface area contributed by atoms with Crippen LogP contribution in [0.1, 0.15) is 51.4 Å². The average molecular weight is 252 g/mol. The summed E-state index contributed by atoms with van der Waals surface area (Å²) in [6.07, 6.45) is 7.57. The van der Waals surface area contributed by atoms with Gasteiger partial charge in [0.15, 0.2) is 0 Å². The van der Waals surface area contributed by atoms with E-state index >= 15 is 0 Å². The molecule has 0 aromatic rings. The number of hydrogen-bond acceptors (Lipinski definition) is 3. The average Bonchev–Trinajstić information content (AvgIpc) is 2.56. The summed E-state index contributed by atoms with van der Waals surface area (Å²) in [6, 6.07) is 0.585. The Morgan fingerprint density at radius 2 is 1.89 bits per heavy atom. The second-order valence-corrected chi connectivity index (χ2v) is 6.55.